The van der Waals surface area contributed by atoms with Gasteiger partial charge >= 0.3 is 5.97 Å². The van der Waals surface area contributed by atoms with Crippen LogP contribution in [0.5, 0.6) is 5.88 Å². The molecule has 2 heterocycles. The summed E-state index contributed by atoms with van der Waals surface area (Å²) in [6, 6.07) is 1.59. The van der Waals surface area contributed by atoms with Crippen LogP contribution in [-0.2, 0) is 14.5 Å². The molecule has 0 aliphatic heterocycles. The van der Waals surface area contributed by atoms with E-state index in [0.29, 0.717) is 28.9 Å². The summed E-state index contributed by atoms with van der Waals surface area (Å²) < 4.78 is 19.1. The number of esters is 1. The van der Waals surface area contributed by atoms with Gasteiger partial charge in [-0.1, -0.05) is 50.5 Å². The third kappa shape index (κ3) is 5.86. The number of aromatic nitrogens is 2. The minimum absolute atomic E-state index is 0.00480. The molecular formula is C24H37BrN2O5Si. The van der Waals surface area contributed by atoms with E-state index in [-0.39, 0.29) is 29.2 Å². The Morgan fingerprint density at radius 1 is 1.27 bits per heavy atom. The molecule has 2 rings (SSSR count). The van der Waals surface area contributed by atoms with Crippen molar-refractivity contribution < 1.29 is 18.7 Å². The summed E-state index contributed by atoms with van der Waals surface area (Å²) in [5.41, 5.74) is 0.792. The van der Waals surface area contributed by atoms with Gasteiger partial charge in [-0.05, 0) is 37.0 Å². The second-order valence-corrected chi connectivity index (χ2v) is 15.4. The molecule has 184 valence electrons. The highest BCUT2D eigenvalue weighted by Crippen LogP contribution is 2.38. The number of halogens is 1. The molecule has 7 nitrogen and oxygen atoms in total. The Morgan fingerprint density at radius 2 is 1.91 bits per heavy atom. The first-order valence-electron chi connectivity index (χ1n) is 11.3. The highest BCUT2D eigenvalue weighted by Gasteiger charge is 2.38. The lowest BCUT2D eigenvalue weighted by Gasteiger charge is -2.38. The van der Waals surface area contributed by atoms with E-state index in [0.717, 1.165) is 5.56 Å². The number of methoxy groups -OCH3 is 1. The maximum atomic E-state index is 13.3. The van der Waals surface area contributed by atoms with Gasteiger partial charge in [0.2, 0.25) is 11.3 Å². The smallest absolute Gasteiger partial charge is 0.343 e. The van der Waals surface area contributed by atoms with Crippen molar-refractivity contribution in [3.8, 4) is 5.88 Å². The third-order valence-electron chi connectivity index (χ3n) is 6.42. The molecule has 9 heteroatoms. The second-order valence-electron chi connectivity index (χ2n) is 10.0. The molecule has 0 aliphatic carbocycles. The van der Waals surface area contributed by atoms with Crippen LogP contribution in [0.15, 0.2) is 17.1 Å². The van der Waals surface area contributed by atoms with E-state index >= 15 is 0 Å². The van der Waals surface area contributed by atoms with Crippen molar-refractivity contribution in [2.24, 2.45) is 5.92 Å². The van der Waals surface area contributed by atoms with Gasteiger partial charge in [-0.15, -0.1) is 0 Å². The van der Waals surface area contributed by atoms with E-state index in [1.165, 1.54) is 0 Å². The lowest BCUT2D eigenvalue weighted by Crippen LogP contribution is -2.42. The van der Waals surface area contributed by atoms with Crippen LogP contribution in [0.3, 0.4) is 0 Å². The molecule has 0 radical (unpaired) electrons. The Balaban J connectivity index is 2.78. The number of nitrogens with zero attached hydrogens (tertiary/aromatic N) is 2. The summed E-state index contributed by atoms with van der Waals surface area (Å²) in [7, 11) is -0.472. The van der Waals surface area contributed by atoms with E-state index in [1.54, 1.807) is 26.3 Å². The molecule has 0 amide bonds. The van der Waals surface area contributed by atoms with Crippen molar-refractivity contribution in [2.75, 3.05) is 20.3 Å². The van der Waals surface area contributed by atoms with Gasteiger partial charge in [0.05, 0.1) is 31.8 Å². The Morgan fingerprint density at radius 3 is 2.39 bits per heavy atom. The molecule has 0 saturated heterocycles. The molecule has 33 heavy (non-hydrogen) atoms. The SMILES string of the molecule is CCOC(=O)c1cn([C@H](CO[Si](C)(C)C(C)(C)C)C(C)C)c2nc(OC)c(CBr)cc2c1=O. The van der Waals surface area contributed by atoms with Gasteiger partial charge in [-0.25, -0.2) is 4.79 Å². The van der Waals surface area contributed by atoms with Gasteiger partial charge in [0, 0.05) is 17.1 Å². The standard InChI is InChI=1S/C24H37BrN2O5Si/c1-10-31-23(29)18-13-27(19(15(2)3)14-32-33(8,9)24(4,5)6)21-17(20(18)28)11-16(12-25)22(26-21)30-7/h11,13,15,19H,10,12,14H2,1-9H3/t19-/m1/s1. The van der Waals surface area contributed by atoms with E-state index in [4.69, 9.17) is 13.9 Å². The summed E-state index contributed by atoms with van der Waals surface area (Å²) in [6.45, 7) is 17.6. The summed E-state index contributed by atoms with van der Waals surface area (Å²) >= 11 is 3.43. The van der Waals surface area contributed by atoms with Crippen LogP contribution in [-0.4, -0.2) is 44.2 Å². The first-order valence-corrected chi connectivity index (χ1v) is 15.3. The van der Waals surface area contributed by atoms with Crippen LogP contribution in [0.4, 0.5) is 0 Å². The van der Waals surface area contributed by atoms with Gasteiger partial charge in [0.15, 0.2) is 8.32 Å². The molecular weight excluding hydrogens is 504 g/mol. The molecule has 0 N–H and O–H groups in total. The third-order valence-corrected chi connectivity index (χ3v) is 11.5. The fourth-order valence-corrected chi connectivity index (χ4v) is 4.70. The summed E-state index contributed by atoms with van der Waals surface area (Å²) in [5, 5.41) is 0.876. The average Bonchev–Trinajstić information content (AvgIpc) is 2.73. The quantitative estimate of drug-likeness (QED) is 0.230. The largest absolute Gasteiger partial charge is 0.481 e. The average molecular weight is 542 g/mol. The lowest BCUT2D eigenvalue weighted by molar-refractivity contribution is 0.0523. The fourth-order valence-electron chi connectivity index (χ4n) is 3.28. The maximum Gasteiger partial charge on any atom is 0.343 e. The van der Waals surface area contributed by atoms with Crippen molar-refractivity contribution in [1.29, 1.82) is 0 Å². The molecule has 2 aromatic heterocycles. The Hall–Kier alpha value is -1.71. The molecule has 0 saturated carbocycles. The number of pyridine rings is 2. The molecule has 1 atom stereocenters. The number of alkyl halides is 1. The van der Waals surface area contributed by atoms with Crippen molar-refractivity contribution >= 4 is 41.3 Å². The number of rotatable bonds is 9. The molecule has 0 aliphatic rings. The summed E-state index contributed by atoms with van der Waals surface area (Å²) in [5.74, 6) is -0.0504. The number of carbonyl (C=O) groups excluding carboxylic acids is 1. The van der Waals surface area contributed by atoms with Crippen LogP contribution in [0.2, 0.25) is 18.1 Å². The maximum absolute atomic E-state index is 13.3. The topological polar surface area (TPSA) is 79.7 Å². The van der Waals surface area contributed by atoms with Gasteiger partial charge in [0.1, 0.15) is 11.2 Å². The summed E-state index contributed by atoms with van der Waals surface area (Å²) in [6.07, 6.45) is 1.57. The number of ether oxygens (including phenoxy) is 2. The minimum Gasteiger partial charge on any atom is -0.481 e. The normalized spacial score (nSPS) is 13.4. The number of fused-ring (bicyclic) bond motifs is 1. The zero-order valence-electron chi connectivity index (χ0n) is 21.2. The van der Waals surface area contributed by atoms with Crippen LogP contribution in [0, 0.1) is 5.92 Å². The molecule has 0 fully saturated rings. The number of carbonyl (C=O) groups is 1. The van der Waals surface area contributed by atoms with Crippen molar-refractivity contribution in [1.82, 2.24) is 9.55 Å². The molecule has 0 unspecified atom stereocenters. The van der Waals surface area contributed by atoms with Gasteiger partial charge in [0.25, 0.3) is 0 Å². The van der Waals surface area contributed by atoms with E-state index in [9.17, 15) is 9.59 Å². The van der Waals surface area contributed by atoms with Gasteiger partial charge in [-0.2, -0.15) is 4.98 Å². The first-order chi connectivity index (χ1) is 15.3. The van der Waals surface area contributed by atoms with Crippen LogP contribution < -0.4 is 10.2 Å². The summed E-state index contributed by atoms with van der Waals surface area (Å²) in [4.78, 5) is 30.6. The Labute approximate surface area is 206 Å². The highest BCUT2D eigenvalue weighted by molar-refractivity contribution is 9.08. The zero-order chi connectivity index (χ0) is 25.1. The Kier molecular flexibility index (Phi) is 8.92. The number of hydrogen-bond acceptors (Lipinski definition) is 6. The van der Waals surface area contributed by atoms with E-state index < -0.39 is 19.7 Å². The van der Waals surface area contributed by atoms with Crippen molar-refractivity contribution in [3.63, 3.8) is 0 Å². The van der Waals surface area contributed by atoms with Crippen molar-refractivity contribution in [2.45, 2.75) is 71.0 Å². The monoisotopic (exact) mass is 540 g/mol. The molecule has 0 spiro atoms. The van der Waals surface area contributed by atoms with Gasteiger partial charge in [-0.3, -0.25) is 4.79 Å². The van der Waals surface area contributed by atoms with Crippen LogP contribution in [0.25, 0.3) is 11.0 Å². The zero-order valence-corrected chi connectivity index (χ0v) is 23.8. The highest BCUT2D eigenvalue weighted by atomic mass is 79.9. The van der Waals surface area contributed by atoms with Crippen LogP contribution >= 0.6 is 15.9 Å². The minimum atomic E-state index is -2.02. The molecule has 0 bridgehead atoms. The van der Waals surface area contributed by atoms with E-state index in [1.807, 2.05) is 4.57 Å². The predicted octanol–water partition coefficient (Wildman–Crippen LogP) is 5.70. The second kappa shape index (κ2) is 10.7. The number of hydrogen-bond donors (Lipinski definition) is 0. The fraction of sp³-hybridized carbons (Fsp3) is 0.625. The first kappa shape index (κ1) is 27.5. The molecule has 2 aromatic rings. The van der Waals surface area contributed by atoms with Crippen LogP contribution in [0.1, 0.15) is 63.5 Å². The lowest BCUT2D eigenvalue weighted by atomic mass is 10.0. The Bertz CT molecular complexity index is 1060. The molecule has 0 aromatic carbocycles. The predicted molar refractivity (Wildman–Crippen MR) is 138 cm³/mol. The van der Waals surface area contributed by atoms with Gasteiger partial charge < -0.3 is 18.5 Å². The van der Waals surface area contributed by atoms with E-state index in [2.05, 4.69) is 68.6 Å². The van der Waals surface area contributed by atoms with Crippen molar-refractivity contribution in [3.05, 3.63) is 33.6 Å².